The molecule has 1 nitrogen and oxygen atoms in total. The van der Waals surface area contributed by atoms with Crippen molar-refractivity contribution in [3.8, 4) is 0 Å². The van der Waals surface area contributed by atoms with Gasteiger partial charge in [-0.3, -0.25) is 4.98 Å². The predicted octanol–water partition coefficient (Wildman–Crippen LogP) is 3.70. The van der Waals surface area contributed by atoms with Crippen LogP contribution in [-0.4, -0.2) is 4.98 Å². The fourth-order valence-electron chi connectivity index (χ4n) is 1.53. The Hall–Kier alpha value is -1.65. The zero-order chi connectivity index (χ0) is 11.9. The molecular weight excluding hydrogens is 222 g/mol. The molecule has 2 aromatic rings. The summed E-state index contributed by atoms with van der Waals surface area (Å²) < 4.78 is 51.1. The average Bonchev–Trinajstić information content (AvgIpc) is 2.17. The van der Waals surface area contributed by atoms with Gasteiger partial charge in [0.05, 0.1) is 5.56 Å². The Morgan fingerprint density at radius 2 is 1.75 bits per heavy atom. The molecule has 5 heteroatoms. The van der Waals surface area contributed by atoms with Crippen LogP contribution < -0.4 is 0 Å². The van der Waals surface area contributed by atoms with E-state index >= 15 is 0 Å². The number of nitrogens with zero attached hydrogens (tertiary/aromatic N) is 1. The summed E-state index contributed by atoms with van der Waals surface area (Å²) in [6.45, 7) is 1.60. The zero-order valence-corrected chi connectivity index (χ0v) is 8.27. The highest BCUT2D eigenvalue weighted by atomic mass is 19.4. The van der Waals surface area contributed by atoms with Crippen LogP contribution >= 0.6 is 0 Å². The van der Waals surface area contributed by atoms with Crippen LogP contribution in [0.5, 0.6) is 0 Å². The lowest BCUT2D eigenvalue weighted by Crippen LogP contribution is -2.06. The first-order valence-electron chi connectivity index (χ1n) is 4.52. The van der Waals surface area contributed by atoms with Crippen molar-refractivity contribution in [1.82, 2.24) is 4.98 Å². The number of fused-ring (bicyclic) bond motifs is 1. The zero-order valence-electron chi connectivity index (χ0n) is 8.27. The predicted molar refractivity (Wildman–Crippen MR) is 51.4 cm³/mol. The van der Waals surface area contributed by atoms with Crippen molar-refractivity contribution in [2.24, 2.45) is 0 Å². The van der Waals surface area contributed by atoms with Gasteiger partial charge in [0.1, 0.15) is 11.3 Å². The van der Waals surface area contributed by atoms with Crippen LogP contribution in [0.25, 0.3) is 10.9 Å². The Morgan fingerprint density at radius 1 is 1.06 bits per heavy atom. The Labute approximate surface area is 88.7 Å². The molecule has 0 aliphatic heterocycles. The van der Waals surface area contributed by atoms with Gasteiger partial charge < -0.3 is 0 Å². The standard InChI is InChI=1S/C11H7F4N/c1-6-2-3-7-8(11(13,14)15)4-5-9(12)10(7)16-6/h2-5H,1H3. The van der Waals surface area contributed by atoms with E-state index in [-0.39, 0.29) is 10.9 Å². The van der Waals surface area contributed by atoms with E-state index < -0.39 is 17.6 Å². The van der Waals surface area contributed by atoms with Crippen LogP contribution in [0.15, 0.2) is 24.3 Å². The molecule has 0 atom stereocenters. The SMILES string of the molecule is Cc1ccc2c(C(F)(F)F)ccc(F)c2n1. The highest BCUT2D eigenvalue weighted by Gasteiger charge is 2.33. The first kappa shape index (κ1) is 10.9. The Bertz CT molecular complexity index is 545. The summed E-state index contributed by atoms with van der Waals surface area (Å²) in [5.74, 6) is -0.744. The number of rotatable bonds is 0. The molecule has 1 aromatic heterocycles. The van der Waals surface area contributed by atoms with Crippen LogP contribution in [-0.2, 0) is 6.18 Å². The van der Waals surface area contributed by atoms with Crippen LogP contribution in [0.3, 0.4) is 0 Å². The minimum absolute atomic E-state index is 0.210. The molecule has 1 aromatic carbocycles. The number of hydrogen-bond acceptors (Lipinski definition) is 1. The molecule has 0 spiro atoms. The van der Waals surface area contributed by atoms with Crippen LogP contribution in [0, 0.1) is 12.7 Å². The molecule has 16 heavy (non-hydrogen) atoms. The monoisotopic (exact) mass is 229 g/mol. The summed E-state index contributed by atoms with van der Waals surface area (Å²) in [5.41, 5.74) is -0.628. The topological polar surface area (TPSA) is 12.9 Å². The molecule has 2 rings (SSSR count). The molecule has 0 N–H and O–H groups in total. The first-order chi connectivity index (χ1) is 7.39. The van der Waals surface area contributed by atoms with Crippen molar-refractivity contribution in [3.05, 3.63) is 41.3 Å². The summed E-state index contributed by atoms with van der Waals surface area (Å²) >= 11 is 0. The molecule has 0 radical (unpaired) electrons. The lowest BCUT2D eigenvalue weighted by molar-refractivity contribution is -0.136. The van der Waals surface area contributed by atoms with Crippen LogP contribution in [0.2, 0.25) is 0 Å². The maximum atomic E-state index is 13.3. The molecule has 0 fully saturated rings. The number of benzene rings is 1. The van der Waals surface area contributed by atoms with Crippen molar-refractivity contribution in [1.29, 1.82) is 0 Å². The van der Waals surface area contributed by atoms with Gasteiger partial charge >= 0.3 is 6.18 Å². The van der Waals surface area contributed by atoms with Gasteiger partial charge in [-0.2, -0.15) is 13.2 Å². The summed E-state index contributed by atoms with van der Waals surface area (Å²) in [5, 5.41) is -0.210. The molecule has 0 aliphatic rings. The molecule has 0 aliphatic carbocycles. The van der Waals surface area contributed by atoms with E-state index in [0.717, 1.165) is 12.1 Å². The van der Waals surface area contributed by atoms with E-state index in [1.165, 1.54) is 12.1 Å². The van der Waals surface area contributed by atoms with Gasteiger partial charge in [0.25, 0.3) is 0 Å². The minimum Gasteiger partial charge on any atom is -0.250 e. The van der Waals surface area contributed by atoms with Crippen molar-refractivity contribution in [2.75, 3.05) is 0 Å². The van der Waals surface area contributed by atoms with Gasteiger partial charge in [-0.15, -0.1) is 0 Å². The van der Waals surface area contributed by atoms with Gasteiger partial charge in [0, 0.05) is 11.1 Å². The molecular formula is C11H7F4N. The van der Waals surface area contributed by atoms with E-state index in [1.54, 1.807) is 6.92 Å². The number of alkyl halides is 3. The minimum atomic E-state index is -4.50. The van der Waals surface area contributed by atoms with E-state index in [0.29, 0.717) is 5.69 Å². The molecule has 0 saturated heterocycles. The van der Waals surface area contributed by atoms with Crippen LogP contribution in [0.4, 0.5) is 17.6 Å². The molecule has 0 bridgehead atoms. The van der Waals surface area contributed by atoms with Crippen molar-refractivity contribution in [3.63, 3.8) is 0 Å². The highest BCUT2D eigenvalue weighted by Crippen LogP contribution is 2.35. The lowest BCUT2D eigenvalue weighted by Gasteiger charge is -2.10. The molecule has 0 amide bonds. The van der Waals surface area contributed by atoms with Gasteiger partial charge in [0.2, 0.25) is 0 Å². The Balaban J connectivity index is 2.85. The summed E-state index contributed by atoms with van der Waals surface area (Å²) in [7, 11) is 0. The van der Waals surface area contributed by atoms with E-state index in [1.807, 2.05) is 0 Å². The second kappa shape index (κ2) is 3.43. The third-order valence-corrected chi connectivity index (χ3v) is 2.25. The smallest absolute Gasteiger partial charge is 0.250 e. The van der Waals surface area contributed by atoms with Crippen LogP contribution in [0.1, 0.15) is 11.3 Å². The van der Waals surface area contributed by atoms with E-state index in [9.17, 15) is 17.6 Å². The molecule has 84 valence electrons. The summed E-state index contributed by atoms with van der Waals surface area (Å²) in [6, 6.07) is 4.19. The van der Waals surface area contributed by atoms with Crippen molar-refractivity contribution in [2.45, 2.75) is 13.1 Å². The number of pyridine rings is 1. The number of aromatic nitrogens is 1. The van der Waals surface area contributed by atoms with E-state index in [4.69, 9.17) is 0 Å². The largest absolute Gasteiger partial charge is 0.417 e. The third-order valence-electron chi connectivity index (χ3n) is 2.25. The lowest BCUT2D eigenvalue weighted by atomic mass is 10.1. The average molecular weight is 229 g/mol. The fraction of sp³-hybridized carbons (Fsp3) is 0.182. The van der Waals surface area contributed by atoms with Gasteiger partial charge in [-0.1, -0.05) is 6.07 Å². The summed E-state index contributed by atoms with van der Waals surface area (Å²) in [6.07, 6.45) is -4.50. The number of halogens is 4. The molecule has 1 heterocycles. The number of aryl methyl sites for hydroxylation is 1. The second-order valence-corrected chi connectivity index (χ2v) is 3.44. The first-order valence-corrected chi connectivity index (χ1v) is 4.52. The second-order valence-electron chi connectivity index (χ2n) is 3.44. The Morgan fingerprint density at radius 3 is 2.38 bits per heavy atom. The highest BCUT2D eigenvalue weighted by molar-refractivity contribution is 5.83. The summed E-state index contributed by atoms with van der Waals surface area (Å²) in [4.78, 5) is 3.77. The van der Waals surface area contributed by atoms with Gasteiger partial charge in [-0.05, 0) is 25.1 Å². The number of hydrogen-bond donors (Lipinski definition) is 0. The van der Waals surface area contributed by atoms with E-state index in [2.05, 4.69) is 4.98 Å². The fourth-order valence-corrected chi connectivity index (χ4v) is 1.53. The van der Waals surface area contributed by atoms with Gasteiger partial charge in [0.15, 0.2) is 0 Å². The molecule has 0 unspecified atom stereocenters. The maximum Gasteiger partial charge on any atom is 0.417 e. The van der Waals surface area contributed by atoms with Crippen molar-refractivity contribution < 1.29 is 17.6 Å². The van der Waals surface area contributed by atoms with Gasteiger partial charge in [-0.25, -0.2) is 4.39 Å². The third kappa shape index (κ3) is 1.73. The quantitative estimate of drug-likeness (QED) is 0.627. The molecule has 0 saturated carbocycles. The Kier molecular flexibility index (Phi) is 2.33. The normalized spacial score (nSPS) is 12.1. The maximum absolute atomic E-state index is 13.3. The van der Waals surface area contributed by atoms with Crippen molar-refractivity contribution >= 4 is 10.9 Å².